The number of hydrogen-bond donors (Lipinski definition) is 2. The van der Waals surface area contributed by atoms with Gasteiger partial charge in [0.1, 0.15) is 5.82 Å². The Hall–Kier alpha value is -2.52. The lowest BCUT2D eigenvalue weighted by Gasteiger charge is -2.10. The van der Waals surface area contributed by atoms with Crippen LogP contribution in [0.5, 0.6) is 0 Å². The minimum absolute atomic E-state index is 0.00361. The van der Waals surface area contributed by atoms with Crippen molar-refractivity contribution in [2.45, 2.75) is 24.7 Å². The number of carbonyl (C=O) groups excluding carboxylic acids is 1. The fourth-order valence-electron chi connectivity index (χ4n) is 2.02. The van der Waals surface area contributed by atoms with E-state index in [1.54, 1.807) is 0 Å². The van der Waals surface area contributed by atoms with Crippen molar-refractivity contribution < 1.29 is 23.1 Å². The van der Waals surface area contributed by atoms with Crippen LogP contribution < -0.4 is 5.32 Å². The highest BCUT2D eigenvalue weighted by atomic mass is 35.5. The SMILES string of the molecule is CC(C)c1ncc(Cl)c(C(=O)Nc2cc(C(=O)O)cc(S(C)(=O)=O)c2)n1. The lowest BCUT2D eigenvalue weighted by molar-refractivity contribution is 0.0696. The largest absolute Gasteiger partial charge is 0.478 e. The number of rotatable bonds is 5. The zero-order valence-corrected chi connectivity index (χ0v) is 15.7. The summed E-state index contributed by atoms with van der Waals surface area (Å²) in [6, 6.07) is 3.33. The Morgan fingerprint density at radius 1 is 1.23 bits per heavy atom. The molecule has 2 N–H and O–H groups in total. The van der Waals surface area contributed by atoms with E-state index in [-0.39, 0.29) is 32.8 Å². The Kier molecular flexibility index (Phi) is 5.62. The molecule has 0 aliphatic carbocycles. The van der Waals surface area contributed by atoms with Crippen LogP contribution in [0.3, 0.4) is 0 Å². The Bertz CT molecular complexity index is 989. The monoisotopic (exact) mass is 397 g/mol. The fraction of sp³-hybridized carbons (Fsp3) is 0.250. The Morgan fingerprint density at radius 3 is 2.42 bits per heavy atom. The number of aromatic carboxylic acids is 1. The average Bonchev–Trinajstić information content (AvgIpc) is 2.53. The van der Waals surface area contributed by atoms with Crippen molar-refractivity contribution in [1.82, 2.24) is 9.97 Å². The van der Waals surface area contributed by atoms with Gasteiger partial charge in [0.2, 0.25) is 0 Å². The van der Waals surface area contributed by atoms with Crippen LogP contribution in [0.15, 0.2) is 29.3 Å². The highest BCUT2D eigenvalue weighted by Crippen LogP contribution is 2.22. The number of sulfone groups is 1. The molecule has 0 aliphatic rings. The van der Waals surface area contributed by atoms with E-state index in [1.807, 2.05) is 13.8 Å². The van der Waals surface area contributed by atoms with E-state index in [9.17, 15) is 18.0 Å². The first-order valence-electron chi connectivity index (χ1n) is 7.41. The number of aromatic nitrogens is 2. The van der Waals surface area contributed by atoms with E-state index < -0.39 is 21.7 Å². The van der Waals surface area contributed by atoms with Crippen molar-refractivity contribution in [3.05, 3.63) is 46.5 Å². The van der Waals surface area contributed by atoms with Gasteiger partial charge in [0, 0.05) is 17.9 Å². The molecule has 0 saturated heterocycles. The molecule has 1 amide bonds. The summed E-state index contributed by atoms with van der Waals surface area (Å²) < 4.78 is 23.5. The lowest BCUT2D eigenvalue weighted by atomic mass is 10.2. The molecule has 0 fully saturated rings. The summed E-state index contributed by atoms with van der Waals surface area (Å²) in [6.07, 6.45) is 2.24. The molecular weight excluding hydrogens is 382 g/mol. The summed E-state index contributed by atoms with van der Waals surface area (Å²) in [4.78, 5) is 31.6. The maximum Gasteiger partial charge on any atom is 0.335 e. The second kappa shape index (κ2) is 7.38. The molecule has 26 heavy (non-hydrogen) atoms. The molecule has 0 saturated carbocycles. The Balaban J connectivity index is 2.45. The van der Waals surface area contributed by atoms with E-state index in [2.05, 4.69) is 15.3 Å². The second-order valence-corrected chi connectivity index (χ2v) is 8.28. The van der Waals surface area contributed by atoms with Gasteiger partial charge in [-0.25, -0.2) is 23.2 Å². The molecule has 0 unspecified atom stereocenters. The number of benzene rings is 1. The average molecular weight is 398 g/mol. The van der Waals surface area contributed by atoms with Crippen molar-refractivity contribution in [1.29, 1.82) is 0 Å². The number of halogens is 1. The third kappa shape index (κ3) is 4.55. The van der Waals surface area contributed by atoms with Gasteiger partial charge < -0.3 is 10.4 Å². The molecule has 0 atom stereocenters. The third-order valence-corrected chi connectivity index (χ3v) is 4.70. The lowest BCUT2D eigenvalue weighted by Crippen LogP contribution is -2.17. The maximum atomic E-state index is 12.5. The van der Waals surface area contributed by atoms with Crippen LogP contribution in [0.4, 0.5) is 5.69 Å². The minimum atomic E-state index is -3.67. The van der Waals surface area contributed by atoms with Gasteiger partial charge in [0.25, 0.3) is 5.91 Å². The van der Waals surface area contributed by atoms with Gasteiger partial charge in [0.15, 0.2) is 15.5 Å². The normalized spacial score (nSPS) is 11.4. The van der Waals surface area contributed by atoms with Crippen LogP contribution in [0.25, 0.3) is 0 Å². The summed E-state index contributed by atoms with van der Waals surface area (Å²) in [6.45, 7) is 3.69. The Morgan fingerprint density at radius 2 is 1.88 bits per heavy atom. The number of carbonyl (C=O) groups is 2. The first kappa shape index (κ1) is 19.8. The van der Waals surface area contributed by atoms with E-state index in [1.165, 1.54) is 6.20 Å². The number of hydrogen-bond acceptors (Lipinski definition) is 6. The Labute approximate surface area is 155 Å². The van der Waals surface area contributed by atoms with Crippen molar-refractivity contribution in [3.8, 4) is 0 Å². The van der Waals surface area contributed by atoms with Gasteiger partial charge in [-0.2, -0.15) is 0 Å². The minimum Gasteiger partial charge on any atom is -0.478 e. The molecule has 2 aromatic rings. The number of nitrogens with one attached hydrogen (secondary N) is 1. The molecule has 8 nitrogen and oxygen atoms in total. The smallest absolute Gasteiger partial charge is 0.335 e. The van der Waals surface area contributed by atoms with E-state index in [0.29, 0.717) is 5.82 Å². The second-order valence-electron chi connectivity index (χ2n) is 5.86. The van der Waals surface area contributed by atoms with Gasteiger partial charge in [-0.15, -0.1) is 0 Å². The van der Waals surface area contributed by atoms with Crippen LogP contribution in [-0.4, -0.2) is 41.6 Å². The molecular formula is C16H16ClN3O5S. The molecule has 10 heteroatoms. The van der Waals surface area contributed by atoms with Crippen LogP contribution in [0.2, 0.25) is 5.02 Å². The zero-order chi connectivity index (χ0) is 19.6. The van der Waals surface area contributed by atoms with E-state index >= 15 is 0 Å². The van der Waals surface area contributed by atoms with Crippen molar-refractivity contribution >= 4 is 39.0 Å². The molecule has 1 heterocycles. The first-order chi connectivity index (χ1) is 12.0. The summed E-state index contributed by atoms with van der Waals surface area (Å²) in [5.74, 6) is -1.66. The number of nitrogens with zero attached hydrogens (tertiary/aromatic N) is 2. The quantitative estimate of drug-likeness (QED) is 0.793. The number of anilines is 1. The molecule has 1 aromatic carbocycles. The van der Waals surface area contributed by atoms with Crippen LogP contribution >= 0.6 is 11.6 Å². The molecule has 0 radical (unpaired) electrons. The van der Waals surface area contributed by atoms with Crippen molar-refractivity contribution in [2.75, 3.05) is 11.6 Å². The van der Waals surface area contributed by atoms with Gasteiger partial charge in [0.05, 0.1) is 21.7 Å². The van der Waals surface area contributed by atoms with Crippen LogP contribution in [0.1, 0.15) is 46.4 Å². The summed E-state index contributed by atoms with van der Waals surface area (Å²) in [5.41, 5.74) is -0.372. The number of carboxylic acid groups (broad SMARTS) is 1. The van der Waals surface area contributed by atoms with E-state index in [4.69, 9.17) is 16.7 Å². The molecule has 138 valence electrons. The zero-order valence-electron chi connectivity index (χ0n) is 14.1. The standard InChI is InChI=1S/C16H16ClN3O5S/c1-8(2)14-18-7-12(17)13(20-14)15(21)19-10-4-9(16(22)23)5-11(6-10)26(3,24)25/h4-8H,1-3H3,(H,19,21)(H,22,23). The van der Waals surface area contributed by atoms with E-state index in [0.717, 1.165) is 24.5 Å². The summed E-state index contributed by atoms with van der Waals surface area (Å²) >= 11 is 5.97. The molecule has 0 bridgehead atoms. The molecule has 0 spiro atoms. The van der Waals surface area contributed by atoms with Gasteiger partial charge in [-0.1, -0.05) is 25.4 Å². The van der Waals surface area contributed by atoms with Crippen LogP contribution in [0, 0.1) is 0 Å². The summed E-state index contributed by atoms with van der Waals surface area (Å²) in [7, 11) is -3.67. The van der Waals surface area contributed by atoms with Crippen LogP contribution in [-0.2, 0) is 9.84 Å². The van der Waals surface area contributed by atoms with Gasteiger partial charge in [-0.3, -0.25) is 4.79 Å². The molecule has 1 aromatic heterocycles. The first-order valence-corrected chi connectivity index (χ1v) is 9.68. The van der Waals surface area contributed by atoms with Crippen molar-refractivity contribution in [2.24, 2.45) is 0 Å². The topological polar surface area (TPSA) is 126 Å². The highest BCUT2D eigenvalue weighted by molar-refractivity contribution is 7.90. The van der Waals surface area contributed by atoms with Gasteiger partial charge >= 0.3 is 5.97 Å². The van der Waals surface area contributed by atoms with Gasteiger partial charge in [-0.05, 0) is 18.2 Å². The molecule has 0 aliphatic heterocycles. The fourth-order valence-corrected chi connectivity index (χ4v) is 2.88. The number of carboxylic acids is 1. The highest BCUT2D eigenvalue weighted by Gasteiger charge is 2.18. The summed E-state index contributed by atoms with van der Waals surface area (Å²) in [5, 5.41) is 11.6. The number of amides is 1. The molecule has 2 rings (SSSR count). The third-order valence-electron chi connectivity index (χ3n) is 3.33. The maximum absolute atomic E-state index is 12.5. The predicted octanol–water partition coefficient (Wildman–Crippen LogP) is 2.61. The predicted molar refractivity (Wildman–Crippen MR) is 95.6 cm³/mol. The van der Waals surface area contributed by atoms with Crippen molar-refractivity contribution in [3.63, 3.8) is 0 Å².